The Kier molecular flexibility index (Phi) is 10.5. The van der Waals surface area contributed by atoms with Crippen molar-refractivity contribution in [1.29, 1.82) is 0 Å². The maximum absolute atomic E-state index is 13.7. The number of hydrogen-bond donors (Lipinski definition) is 2. The van der Waals surface area contributed by atoms with Crippen molar-refractivity contribution in [3.63, 3.8) is 0 Å². The van der Waals surface area contributed by atoms with E-state index in [1.807, 2.05) is 6.92 Å². The minimum Gasteiger partial charge on any atom is -0.392 e. The highest BCUT2D eigenvalue weighted by Crippen LogP contribution is 2.55. The van der Waals surface area contributed by atoms with Crippen LogP contribution in [0.2, 0.25) is 0 Å². The number of unbranched alkanes of at least 4 members (excludes halogenated alkanes) is 4. The fraction of sp³-hybridized carbons (Fsp3) is 1.00. The van der Waals surface area contributed by atoms with Crippen molar-refractivity contribution in [3.8, 4) is 0 Å². The third kappa shape index (κ3) is 7.03. The van der Waals surface area contributed by atoms with Crippen LogP contribution in [-0.4, -0.2) is 48.5 Å². The number of halogens is 8. The number of alkyl halides is 8. The fourth-order valence-electron chi connectivity index (χ4n) is 2.62. The third-order valence-electron chi connectivity index (χ3n) is 4.38. The highest BCUT2D eigenvalue weighted by Gasteiger charge is 2.79. The monoisotopic (exact) mass is 415 g/mol. The van der Waals surface area contributed by atoms with Crippen LogP contribution < -0.4 is 5.32 Å². The van der Waals surface area contributed by atoms with E-state index < -0.39 is 55.5 Å². The topological polar surface area (TPSA) is 32.3 Å². The molecule has 164 valence electrons. The van der Waals surface area contributed by atoms with Gasteiger partial charge in [-0.3, -0.25) is 0 Å². The first-order valence-electron chi connectivity index (χ1n) is 9.10. The molecule has 0 saturated carbocycles. The van der Waals surface area contributed by atoms with Crippen molar-refractivity contribution in [2.24, 2.45) is 0 Å². The minimum atomic E-state index is -6.21. The zero-order valence-electron chi connectivity index (χ0n) is 15.6. The Hall–Kier alpha value is -0.640. The second-order valence-electron chi connectivity index (χ2n) is 6.83. The molecule has 0 aliphatic rings. The van der Waals surface area contributed by atoms with Crippen LogP contribution >= 0.6 is 0 Å². The average molecular weight is 415 g/mol. The molecule has 0 rings (SSSR count). The van der Waals surface area contributed by atoms with Crippen molar-refractivity contribution in [1.82, 2.24) is 5.32 Å². The lowest BCUT2D eigenvalue weighted by Crippen LogP contribution is -2.62. The molecule has 0 aromatic carbocycles. The predicted octanol–water partition coefficient (Wildman–Crippen LogP) is 5.64. The van der Waals surface area contributed by atoms with Crippen LogP contribution in [0.3, 0.4) is 0 Å². The van der Waals surface area contributed by atoms with E-state index in [0.29, 0.717) is 12.8 Å². The van der Waals surface area contributed by atoms with E-state index in [1.165, 1.54) is 7.05 Å². The summed E-state index contributed by atoms with van der Waals surface area (Å²) in [6.45, 7) is 1.83. The van der Waals surface area contributed by atoms with E-state index in [9.17, 15) is 40.2 Å². The SMILES string of the molecule is CCCCCCCC(F)(F)C(F)(F)C(F)(F)C(F)(F)CCCC(O)CNC. The molecule has 0 aromatic rings. The Morgan fingerprint density at radius 3 is 1.63 bits per heavy atom. The molecular formula is C17H29F8NO. The standard InChI is InChI=1S/C17H29F8NO/c1-3-4-5-6-7-10-14(18,19)16(22,23)17(24,25)15(20,21)11-8-9-13(27)12-26-2/h13,26-27H,3-12H2,1-2H3. The zero-order chi connectivity index (χ0) is 21.4. The van der Waals surface area contributed by atoms with Crippen LogP contribution in [0.25, 0.3) is 0 Å². The molecule has 0 bridgehead atoms. The summed E-state index contributed by atoms with van der Waals surface area (Å²) >= 11 is 0. The van der Waals surface area contributed by atoms with Gasteiger partial charge in [-0.25, -0.2) is 0 Å². The van der Waals surface area contributed by atoms with Gasteiger partial charge in [-0.2, -0.15) is 35.1 Å². The van der Waals surface area contributed by atoms with Gasteiger partial charge >= 0.3 is 23.7 Å². The summed E-state index contributed by atoms with van der Waals surface area (Å²) in [4.78, 5) is 0. The molecule has 0 aliphatic heterocycles. The van der Waals surface area contributed by atoms with Gasteiger partial charge in [-0.1, -0.05) is 32.6 Å². The molecule has 2 nitrogen and oxygen atoms in total. The Bertz CT molecular complexity index is 418. The van der Waals surface area contributed by atoms with Crippen LogP contribution in [0.1, 0.15) is 64.7 Å². The molecule has 1 unspecified atom stereocenters. The molecular weight excluding hydrogens is 386 g/mol. The predicted molar refractivity (Wildman–Crippen MR) is 86.9 cm³/mol. The zero-order valence-corrected chi connectivity index (χ0v) is 15.6. The first kappa shape index (κ1) is 26.4. The van der Waals surface area contributed by atoms with Crippen molar-refractivity contribution in [2.45, 2.75) is 94.5 Å². The Morgan fingerprint density at radius 2 is 1.19 bits per heavy atom. The normalized spacial score (nSPS) is 15.2. The molecule has 0 spiro atoms. The van der Waals surface area contributed by atoms with E-state index in [2.05, 4.69) is 5.32 Å². The van der Waals surface area contributed by atoms with E-state index in [1.54, 1.807) is 0 Å². The summed E-state index contributed by atoms with van der Waals surface area (Å²) in [6.07, 6.45) is -3.94. The third-order valence-corrected chi connectivity index (χ3v) is 4.38. The van der Waals surface area contributed by atoms with Gasteiger partial charge < -0.3 is 10.4 Å². The van der Waals surface area contributed by atoms with E-state index >= 15 is 0 Å². The van der Waals surface area contributed by atoms with Crippen LogP contribution in [0.5, 0.6) is 0 Å². The van der Waals surface area contributed by atoms with Gasteiger partial charge in [0.15, 0.2) is 0 Å². The summed E-state index contributed by atoms with van der Waals surface area (Å²) in [6, 6.07) is 0. The molecule has 10 heteroatoms. The second-order valence-corrected chi connectivity index (χ2v) is 6.83. The molecule has 0 fully saturated rings. The summed E-state index contributed by atoms with van der Waals surface area (Å²) < 4.78 is 110. The van der Waals surface area contributed by atoms with Gasteiger partial charge in [-0.15, -0.1) is 0 Å². The van der Waals surface area contributed by atoms with Crippen molar-refractivity contribution in [3.05, 3.63) is 0 Å². The smallest absolute Gasteiger partial charge is 0.378 e. The van der Waals surface area contributed by atoms with Crippen LogP contribution in [0.4, 0.5) is 35.1 Å². The number of aliphatic hydroxyl groups is 1. The maximum atomic E-state index is 13.7. The largest absolute Gasteiger partial charge is 0.392 e. The lowest BCUT2D eigenvalue weighted by molar-refractivity contribution is -0.368. The first-order valence-corrected chi connectivity index (χ1v) is 9.10. The van der Waals surface area contributed by atoms with Crippen molar-refractivity contribution in [2.75, 3.05) is 13.6 Å². The average Bonchev–Trinajstić information content (AvgIpc) is 2.54. The summed E-state index contributed by atoms with van der Waals surface area (Å²) in [7, 11) is 1.46. The summed E-state index contributed by atoms with van der Waals surface area (Å²) in [5.74, 6) is -23.0. The molecule has 0 saturated heterocycles. The first-order chi connectivity index (χ1) is 12.3. The number of hydrogen-bond acceptors (Lipinski definition) is 2. The number of rotatable bonds is 15. The molecule has 0 amide bonds. The Morgan fingerprint density at radius 1 is 0.741 bits per heavy atom. The lowest BCUT2D eigenvalue weighted by atomic mass is 9.92. The quantitative estimate of drug-likeness (QED) is 0.268. The van der Waals surface area contributed by atoms with Crippen LogP contribution in [0.15, 0.2) is 0 Å². The molecule has 27 heavy (non-hydrogen) atoms. The van der Waals surface area contributed by atoms with Gasteiger partial charge in [0.2, 0.25) is 0 Å². The summed E-state index contributed by atoms with van der Waals surface area (Å²) in [5, 5.41) is 11.9. The fourth-order valence-corrected chi connectivity index (χ4v) is 2.62. The molecule has 2 N–H and O–H groups in total. The number of likely N-dealkylation sites (N-methyl/N-ethyl adjacent to an activating group) is 1. The Balaban J connectivity index is 4.97. The maximum Gasteiger partial charge on any atom is 0.378 e. The van der Waals surface area contributed by atoms with Gasteiger partial charge in [0.1, 0.15) is 0 Å². The van der Waals surface area contributed by atoms with E-state index in [4.69, 9.17) is 0 Å². The van der Waals surface area contributed by atoms with Crippen molar-refractivity contribution >= 4 is 0 Å². The Labute approximate surface area is 154 Å². The van der Waals surface area contributed by atoms with Crippen LogP contribution in [-0.2, 0) is 0 Å². The van der Waals surface area contributed by atoms with Gasteiger partial charge in [0.25, 0.3) is 0 Å². The number of nitrogens with one attached hydrogen (secondary N) is 1. The van der Waals surface area contributed by atoms with Gasteiger partial charge in [0.05, 0.1) is 6.10 Å². The van der Waals surface area contributed by atoms with Crippen molar-refractivity contribution < 1.29 is 40.2 Å². The molecule has 0 aromatic heterocycles. The lowest BCUT2D eigenvalue weighted by Gasteiger charge is -2.37. The van der Waals surface area contributed by atoms with E-state index in [-0.39, 0.29) is 19.4 Å². The van der Waals surface area contributed by atoms with Crippen LogP contribution in [0, 0.1) is 0 Å². The summed E-state index contributed by atoms with van der Waals surface area (Å²) in [5.41, 5.74) is 0. The minimum absolute atomic E-state index is 0.00573. The molecule has 0 heterocycles. The molecule has 0 radical (unpaired) electrons. The number of aliphatic hydroxyl groups excluding tert-OH is 1. The van der Waals surface area contributed by atoms with Gasteiger partial charge in [0, 0.05) is 19.4 Å². The van der Waals surface area contributed by atoms with Gasteiger partial charge in [-0.05, 0) is 26.3 Å². The molecule has 1 atom stereocenters. The second kappa shape index (κ2) is 10.8. The molecule has 0 aliphatic carbocycles. The highest BCUT2D eigenvalue weighted by molar-refractivity contribution is 5.03. The van der Waals surface area contributed by atoms with E-state index in [0.717, 1.165) is 6.42 Å². The highest BCUT2D eigenvalue weighted by atomic mass is 19.4.